The van der Waals surface area contributed by atoms with Crippen molar-refractivity contribution in [3.8, 4) is 0 Å². The third-order valence-electron chi connectivity index (χ3n) is 1.98. The van der Waals surface area contributed by atoms with Crippen molar-refractivity contribution < 1.29 is 9.53 Å². The van der Waals surface area contributed by atoms with Gasteiger partial charge in [-0.1, -0.05) is 6.42 Å². The number of hydrogen-bond donors (Lipinski definition) is 1. The van der Waals surface area contributed by atoms with Crippen LogP contribution in [0.2, 0.25) is 0 Å². The normalized spacial score (nSPS) is 27.0. The molecule has 0 radical (unpaired) electrons. The van der Waals surface area contributed by atoms with Crippen LogP contribution in [0.3, 0.4) is 0 Å². The average molecular weight is 157 g/mol. The maximum atomic E-state index is 11.0. The fourth-order valence-electron chi connectivity index (χ4n) is 1.29. The molecule has 0 aromatic rings. The van der Waals surface area contributed by atoms with Crippen LogP contribution in [0.4, 0.5) is 0 Å². The molecule has 0 aromatic heterocycles. The predicted molar refractivity (Wildman–Crippen MR) is 42.0 cm³/mol. The number of carbonyl (C=O) groups excluding carboxylic acids is 1. The summed E-state index contributed by atoms with van der Waals surface area (Å²) in [7, 11) is 1.63. The molecule has 1 N–H and O–H groups in total. The van der Waals surface area contributed by atoms with Crippen LogP contribution in [0, 0.1) is 0 Å². The number of hydrogen-bond acceptors (Lipinski definition) is 2. The molecule has 0 spiro atoms. The van der Waals surface area contributed by atoms with Crippen molar-refractivity contribution in [3.63, 3.8) is 0 Å². The molecular weight excluding hydrogens is 142 g/mol. The van der Waals surface area contributed by atoms with Crippen LogP contribution >= 0.6 is 0 Å². The lowest BCUT2D eigenvalue weighted by Gasteiger charge is -2.19. The summed E-state index contributed by atoms with van der Waals surface area (Å²) in [5.41, 5.74) is 0. The zero-order valence-corrected chi connectivity index (χ0v) is 6.93. The van der Waals surface area contributed by atoms with Gasteiger partial charge in [0.15, 0.2) is 0 Å². The monoisotopic (exact) mass is 157 g/mol. The molecule has 0 bridgehead atoms. The van der Waals surface area contributed by atoms with Gasteiger partial charge in [-0.3, -0.25) is 4.79 Å². The second-order valence-electron chi connectivity index (χ2n) is 2.89. The van der Waals surface area contributed by atoms with Crippen LogP contribution < -0.4 is 5.32 Å². The Morgan fingerprint density at radius 3 is 3.00 bits per heavy atom. The summed E-state index contributed by atoms with van der Waals surface area (Å²) in [5.74, 6) is 0.122. The minimum atomic E-state index is -0.0530. The van der Waals surface area contributed by atoms with E-state index in [4.69, 9.17) is 4.74 Å². The SMILES string of the molecule is COC1CCCCCC(=O)N1. The molecule has 0 aromatic carbocycles. The Labute approximate surface area is 67.1 Å². The van der Waals surface area contributed by atoms with Crippen LogP contribution in [0.5, 0.6) is 0 Å². The molecule has 3 heteroatoms. The van der Waals surface area contributed by atoms with Crippen molar-refractivity contribution in [2.45, 2.75) is 38.3 Å². The van der Waals surface area contributed by atoms with E-state index in [2.05, 4.69) is 5.32 Å². The first kappa shape index (κ1) is 8.53. The molecule has 1 rings (SSSR count). The van der Waals surface area contributed by atoms with Gasteiger partial charge in [0, 0.05) is 13.5 Å². The number of carbonyl (C=O) groups is 1. The van der Waals surface area contributed by atoms with Crippen molar-refractivity contribution in [3.05, 3.63) is 0 Å². The lowest BCUT2D eigenvalue weighted by molar-refractivity contribution is -0.125. The highest BCUT2D eigenvalue weighted by molar-refractivity contribution is 5.76. The number of methoxy groups -OCH3 is 1. The zero-order valence-electron chi connectivity index (χ0n) is 6.93. The molecule has 1 unspecified atom stereocenters. The van der Waals surface area contributed by atoms with Crippen molar-refractivity contribution in [2.75, 3.05) is 7.11 Å². The van der Waals surface area contributed by atoms with Gasteiger partial charge in [0.1, 0.15) is 6.23 Å². The van der Waals surface area contributed by atoms with E-state index >= 15 is 0 Å². The lowest BCUT2D eigenvalue weighted by Crippen LogP contribution is -2.36. The highest BCUT2D eigenvalue weighted by atomic mass is 16.5. The van der Waals surface area contributed by atoms with Gasteiger partial charge >= 0.3 is 0 Å². The van der Waals surface area contributed by atoms with Crippen molar-refractivity contribution in [1.82, 2.24) is 5.32 Å². The van der Waals surface area contributed by atoms with Gasteiger partial charge in [0.05, 0.1) is 0 Å². The van der Waals surface area contributed by atoms with Gasteiger partial charge in [0.25, 0.3) is 0 Å². The Kier molecular flexibility index (Phi) is 3.36. The van der Waals surface area contributed by atoms with Crippen LogP contribution in [-0.2, 0) is 9.53 Å². The first-order chi connectivity index (χ1) is 5.33. The molecule has 3 nitrogen and oxygen atoms in total. The molecule has 1 amide bonds. The van der Waals surface area contributed by atoms with Gasteiger partial charge in [-0.15, -0.1) is 0 Å². The van der Waals surface area contributed by atoms with E-state index in [1.54, 1.807) is 7.11 Å². The number of rotatable bonds is 1. The topological polar surface area (TPSA) is 38.3 Å². The molecule has 1 saturated heterocycles. The summed E-state index contributed by atoms with van der Waals surface area (Å²) in [5, 5.41) is 2.81. The van der Waals surface area contributed by atoms with E-state index in [-0.39, 0.29) is 12.1 Å². The summed E-state index contributed by atoms with van der Waals surface area (Å²) in [6.07, 6.45) is 4.86. The highest BCUT2D eigenvalue weighted by Crippen LogP contribution is 2.09. The average Bonchev–Trinajstić information content (AvgIpc) is 1.96. The van der Waals surface area contributed by atoms with Gasteiger partial charge in [0.2, 0.25) is 5.91 Å². The Hall–Kier alpha value is -0.570. The van der Waals surface area contributed by atoms with Gasteiger partial charge in [-0.2, -0.15) is 0 Å². The van der Waals surface area contributed by atoms with E-state index in [1.807, 2.05) is 0 Å². The standard InChI is InChI=1S/C8H15NO2/c1-11-8-6-4-2-3-5-7(10)9-8/h8H,2-6H2,1H3,(H,9,10). The van der Waals surface area contributed by atoms with Crippen LogP contribution in [0.25, 0.3) is 0 Å². The van der Waals surface area contributed by atoms with Crippen molar-refractivity contribution >= 4 is 5.91 Å². The number of ether oxygens (including phenoxy) is 1. The van der Waals surface area contributed by atoms with Crippen LogP contribution in [-0.4, -0.2) is 19.2 Å². The molecule has 0 saturated carbocycles. The Balaban J connectivity index is 2.35. The molecule has 1 heterocycles. The van der Waals surface area contributed by atoms with Crippen LogP contribution in [0.1, 0.15) is 32.1 Å². The Morgan fingerprint density at radius 1 is 1.45 bits per heavy atom. The minimum Gasteiger partial charge on any atom is -0.362 e. The molecular formula is C8H15NO2. The molecule has 1 atom stereocenters. The van der Waals surface area contributed by atoms with E-state index in [9.17, 15) is 4.79 Å². The Morgan fingerprint density at radius 2 is 2.27 bits per heavy atom. The van der Waals surface area contributed by atoms with E-state index in [0.717, 1.165) is 25.7 Å². The smallest absolute Gasteiger partial charge is 0.221 e. The molecule has 1 fully saturated rings. The van der Waals surface area contributed by atoms with Gasteiger partial charge in [-0.25, -0.2) is 0 Å². The second-order valence-corrected chi connectivity index (χ2v) is 2.89. The molecule has 1 aliphatic rings. The molecule has 64 valence electrons. The summed E-state index contributed by atoms with van der Waals surface area (Å²) in [6.45, 7) is 0. The number of amides is 1. The third kappa shape index (κ3) is 2.89. The first-order valence-electron chi connectivity index (χ1n) is 4.15. The van der Waals surface area contributed by atoms with Gasteiger partial charge < -0.3 is 10.1 Å². The maximum absolute atomic E-state index is 11.0. The van der Waals surface area contributed by atoms with Crippen molar-refractivity contribution in [2.24, 2.45) is 0 Å². The molecule has 0 aliphatic carbocycles. The first-order valence-corrected chi connectivity index (χ1v) is 4.15. The fourth-order valence-corrected chi connectivity index (χ4v) is 1.29. The minimum absolute atomic E-state index is 0.0530. The summed E-state index contributed by atoms with van der Waals surface area (Å²) < 4.78 is 5.07. The van der Waals surface area contributed by atoms with Crippen molar-refractivity contribution in [1.29, 1.82) is 0 Å². The second kappa shape index (κ2) is 4.34. The maximum Gasteiger partial charge on any atom is 0.221 e. The predicted octanol–water partition coefficient (Wildman–Crippen LogP) is 1.04. The summed E-state index contributed by atoms with van der Waals surface area (Å²) in [4.78, 5) is 11.0. The third-order valence-corrected chi connectivity index (χ3v) is 1.98. The number of nitrogens with one attached hydrogen (secondary N) is 1. The summed E-state index contributed by atoms with van der Waals surface area (Å²) >= 11 is 0. The van der Waals surface area contributed by atoms with E-state index < -0.39 is 0 Å². The van der Waals surface area contributed by atoms with E-state index in [0.29, 0.717) is 6.42 Å². The highest BCUT2D eigenvalue weighted by Gasteiger charge is 2.13. The lowest BCUT2D eigenvalue weighted by atomic mass is 10.1. The zero-order chi connectivity index (χ0) is 8.10. The summed E-state index contributed by atoms with van der Waals surface area (Å²) in [6, 6.07) is 0. The fraction of sp³-hybridized carbons (Fsp3) is 0.875. The Bertz CT molecular complexity index is 136. The molecule has 1 aliphatic heterocycles. The van der Waals surface area contributed by atoms with E-state index in [1.165, 1.54) is 0 Å². The molecule has 11 heavy (non-hydrogen) atoms. The van der Waals surface area contributed by atoms with Crippen LogP contribution in [0.15, 0.2) is 0 Å². The van der Waals surface area contributed by atoms with Gasteiger partial charge in [-0.05, 0) is 19.3 Å². The largest absolute Gasteiger partial charge is 0.362 e. The quantitative estimate of drug-likeness (QED) is 0.617.